The van der Waals surface area contributed by atoms with Crippen molar-refractivity contribution in [1.82, 2.24) is 19.9 Å². The zero-order chi connectivity index (χ0) is 16.6. The molecule has 1 saturated heterocycles. The van der Waals surface area contributed by atoms with Crippen LogP contribution in [0.3, 0.4) is 0 Å². The molecule has 4 rings (SSSR count). The third-order valence-corrected chi connectivity index (χ3v) is 6.01. The largest absolute Gasteiger partial charge is 0.389 e. The molecule has 1 atom stereocenters. The van der Waals surface area contributed by atoms with Crippen LogP contribution in [0.1, 0.15) is 75.5 Å². The van der Waals surface area contributed by atoms with Crippen LogP contribution in [0.25, 0.3) is 0 Å². The Balaban J connectivity index is 1.28. The molecule has 134 valence electrons. The number of aromatic nitrogens is 2. The Labute approximate surface area is 144 Å². The third-order valence-electron chi connectivity index (χ3n) is 6.01. The summed E-state index contributed by atoms with van der Waals surface area (Å²) in [6, 6.07) is 0.185. The van der Waals surface area contributed by atoms with Gasteiger partial charge < -0.3 is 9.63 Å². The number of β-amino-alcohol motifs (C(OH)–C–C–N with tert-alkyl or cyclic N) is 1. The molecule has 0 spiro atoms. The molecule has 3 fully saturated rings. The number of hydrogen-bond acceptors (Lipinski definition) is 6. The molecule has 1 N–H and O–H groups in total. The number of piperazine rings is 1. The average molecular weight is 334 g/mol. The molecule has 6 nitrogen and oxygen atoms in total. The Bertz CT molecular complexity index is 543. The van der Waals surface area contributed by atoms with Crippen molar-refractivity contribution in [3.8, 4) is 0 Å². The van der Waals surface area contributed by atoms with Crippen LogP contribution < -0.4 is 0 Å². The van der Waals surface area contributed by atoms with Gasteiger partial charge in [-0.15, -0.1) is 0 Å². The lowest BCUT2D eigenvalue weighted by Gasteiger charge is -2.41. The summed E-state index contributed by atoms with van der Waals surface area (Å²) in [7, 11) is 0. The molecule has 0 aromatic carbocycles. The predicted octanol–water partition coefficient (Wildman–Crippen LogP) is 2.32. The van der Waals surface area contributed by atoms with Crippen LogP contribution >= 0.6 is 0 Å². The number of hydrogen-bond donors (Lipinski definition) is 1. The van der Waals surface area contributed by atoms with Gasteiger partial charge in [-0.2, -0.15) is 4.98 Å². The smallest absolute Gasteiger partial charge is 0.243 e. The van der Waals surface area contributed by atoms with Crippen molar-refractivity contribution >= 4 is 0 Å². The van der Waals surface area contributed by atoms with E-state index < -0.39 is 5.60 Å². The van der Waals surface area contributed by atoms with Crippen LogP contribution in [-0.4, -0.2) is 63.4 Å². The molecule has 1 aromatic heterocycles. The monoisotopic (exact) mass is 334 g/mol. The van der Waals surface area contributed by atoms with Crippen LogP contribution in [0.5, 0.6) is 0 Å². The topological polar surface area (TPSA) is 65.6 Å². The maximum atomic E-state index is 10.7. The summed E-state index contributed by atoms with van der Waals surface area (Å²) in [6.07, 6.45) is 7.97. The number of nitrogens with zero attached hydrogens (tertiary/aromatic N) is 4. The summed E-state index contributed by atoms with van der Waals surface area (Å²) in [5, 5.41) is 14.9. The standard InChI is InChI=1S/C18H30N4O2/c1-14(17-19-16(20-24-17)15-5-6-15)22-11-9-21(10-12-22)13-18(23)7-3-2-4-8-18/h14-15,23H,2-13H2,1H3/t14-/m1/s1. The fourth-order valence-corrected chi connectivity index (χ4v) is 4.17. The molecule has 2 saturated carbocycles. The summed E-state index contributed by atoms with van der Waals surface area (Å²) >= 11 is 0. The van der Waals surface area contributed by atoms with Crippen LogP contribution in [-0.2, 0) is 0 Å². The molecular weight excluding hydrogens is 304 g/mol. The fourth-order valence-electron chi connectivity index (χ4n) is 4.17. The second-order valence-corrected chi connectivity index (χ2v) is 8.04. The van der Waals surface area contributed by atoms with Crippen LogP contribution in [0.4, 0.5) is 0 Å². The first-order chi connectivity index (χ1) is 11.6. The van der Waals surface area contributed by atoms with Crippen molar-refractivity contribution in [2.24, 2.45) is 0 Å². The third kappa shape index (κ3) is 3.65. The molecule has 24 heavy (non-hydrogen) atoms. The highest BCUT2D eigenvalue weighted by molar-refractivity contribution is 5.05. The van der Waals surface area contributed by atoms with Crippen molar-refractivity contribution in [3.05, 3.63) is 11.7 Å². The first-order valence-corrected chi connectivity index (χ1v) is 9.65. The highest BCUT2D eigenvalue weighted by Crippen LogP contribution is 2.38. The van der Waals surface area contributed by atoms with Crippen LogP contribution in [0.15, 0.2) is 4.52 Å². The lowest BCUT2D eigenvalue weighted by molar-refractivity contribution is -0.0387. The number of rotatable bonds is 5. The van der Waals surface area contributed by atoms with Gasteiger partial charge in [0.25, 0.3) is 0 Å². The lowest BCUT2D eigenvalue weighted by Crippen LogP contribution is -2.52. The first-order valence-electron chi connectivity index (χ1n) is 9.65. The van der Waals surface area contributed by atoms with Gasteiger partial charge in [-0.1, -0.05) is 24.4 Å². The van der Waals surface area contributed by atoms with E-state index in [0.29, 0.717) is 5.92 Å². The van der Waals surface area contributed by atoms with E-state index in [2.05, 4.69) is 26.9 Å². The molecule has 3 aliphatic rings. The zero-order valence-electron chi connectivity index (χ0n) is 14.8. The average Bonchev–Trinajstić information content (AvgIpc) is 3.32. The van der Waals surface area contributed by atoms with Gasteiger partial charge in [0, 0.05) is 38.6 Å². The number of aliphatic hydroxyl groups is 1. The summed E-state index contributed by atoms with van der Waals surface area (Å²) in [5.41, 5.74) is -0.447. The summed E-state index contributed by atoms with van der Waals surface area (Å²) in [5.74, 6) is 2.20. The van der Waals surface area contributed by atoms with Crippen LogP contribution in [0, 0.1) is 0 Å². The molecule has 1 aromatic rings. The van der Waals surface area contributed by atoms with Gasteiger partial charge >= 0.3 is 0 Å². The lowest BCUT2D eigenvalue weighted by atomic mass is 9.84. The van der Waals surface area contributed by atoms with E-state index in [0.717, 1.165) is 57.3 Å². The van der Waals surface area contributed by atoms with Crippen molar-refractivity contribution in [3.63, 3.8) is 0 Å². The molecule has 0 bridgehead atoms. The molecule has 2 heterocycles. The second-order valence-electron chi connectivity index (χ2n) is 8.04. The molecule has 0 amide bonds. The van der Waals surface area contributed by atoms with Gasteiger partial charge in [0.05, 0.1) is 11.6 Å². The fraction of sp³-hybridized carbons (Fsp3) is 0.889. The van der Waals surface area contributed by atoms with Gasteiger partial charge in [-0.05, 0) is 32.6 Å². The summed E-state index contributed by atoms with van der Waals surface area (Å²) in [6.45, 7) is 7.01. The van der Waals surface area contributed by atoms with E-state index in [1.807, 2.05) is 0 Å². The minimum atomic E-state index is -0.447. The van der Waals surface area contributed by atoms with E-state index in [1.54, 1.807) is 0 Å². The minimum absolute atomic E-state index is 0.185. The van der Waals surface area contributed by atoms with E-state index in [9.17, 15) is 5.11 Å². The normalized spacial score (nSPS) is 27.2. The van der Waals surface area contributed by atoms with Gasteiger partial charge in [0.2, 0.25) is 5.89 Å². The predicted molar refractivity (Wildman–Crippen MR) is 90.7 cm³/mol. The van der Waals surface area contributed by atoms with Crippen molar-refractivity contribution < 1.29 is 9.63 Å². The van der Waals surface area contributed by atoms with Gasteiger partial charge in [-0.25, -0.2) is 0 Å². The van der Waals surface area contributed by atoms with Gasteiger partial charge in [0.1, 0.15) is 0 Å². The Kier molecular flexibility index (Phi) is 4.62. The molecule has 0 unspecified atom stereocenters. The van der Waals surface area contributed by atoms with E-state index in [-0.39, 0.29) is 6.04 Å². The van der Waals surface area contributed by atoms with Crippen molar-refractivity contribution in [2.75, 3.05) is 32.7 Å². The summed E-state index contributed by atoms with van der Waals surface area (Å²) in [4.78, 5) is 9.45. The summed E-state index contributed by atoms with van der Waals surface area (Å²) < 4.78 is 5.49. The van der Waals surface area contributed by atoms with E-state index in [4.69, 9.17) is 4.52 Å². The Hall–Kier alpha value is -0.980. The van der Waals surface area contributed by atoms with Crippen molar-refractivity contribution in [1.29, 1.82) is 0 Å². The van der Waals surface area contributed by atoms with E-state index >= 15 is 0 Å². The van der Waals surface area contributed by atoms with Gasteiger partial charge in [0.15, 0.2) is 5.82 Å². The highest BCUT2D eigenvalue weighted by Gasteiger charge is 2.34. The van der Waals surface area contributed by atoms with Gasteiger partial charge in [-0.3, -0.25) is 9.80 Å². The highest BCUT2D eigenvalue weighted by atomic mass is 16.5. The Morgan fingerprint density at radius 2 is 1.88 bits per heavy atom. The quantitative estimate of drug-likeness (QED) is 0.891. The molecule has 2 aliphatic carbocycles. The van der Waals surface area contributed by atoms with E-state index in [1.165, 1.54) is 32.1 Å². The Morgan fingerprint density at radius 3 is 2.54 bits per heavy atom. The second kappa shape index (κ2) is 6.73. The molecule has 0 radical (unpaired) electrons. The van der Waals surface area contributed by atoms with Crippen molar-refractivity contribution in [2.45, 2.75) is 69.4 Å². The minimum Gasteiger partial charge on any atom is -0.389 e. The first kappa shape index (κ1) is 16.5. The molecular formula is C18H30N4O2. The maximum absolute atomic E-state index is 10.7. The zero-order valence-corrected chi connectivity index (χ0v) is 14.8. The molecule has 1 aliphatic heterocycles. The Morgan fingerprint density at radius 1 is 1.17 bits per heavy atom. The van der Waals surface area contributed by atoms with Crippen LogP contribution in [0.2, 0.25) is 0 Å². The molecule has 6 heteroatoms. The maximum Gasteiger partial charge on any atom is 0.243 e. The SMILES string of the molecule is C[C@H](c1nc(C2CC2)no1)N1CCN(CC2(O)CCCCC2)CC1.